The number of nitrogens with zero attached hydrogens (tertiary/aromatic N) is 2. The average molecular weight is 372 g/mol. The van der Waals surface area contributed by atoms with E-state index in [0.717, 1.165) is 22.5 Å². The lowest BCUT2D eigenvalue weighted by Gasteiger charge is -2.25. The number of fused-ring (bicyclic) bond motifs is 1. The van der Waals surface area contributed by atoms with Crippen LogP contribution in [0.4, 0.5) is 5.82 Å². The lowest BCUT2D eigenvalue weighted by molar-refractivity contribution is -0.116. The lowest BCUT2D eigenvalue weighted by Crippen LogP contribution is -2.25. The number of carbonyl (C=O) groups excluding carboxylic acids is 1. The predicted molar refractivity (Wildman–Crippen MR) is 99.9 cm³/mol. The minimum absolute atomic E-state index is 0.0550. The van der Waals surface area contributed by atoms with Crippen LogP contribution in [-0.4, -0.2) is 15.7 Å². The standard InChI is InChI=1S/C19H15Cl2N3O/c1-11-18-15(14-8-7-12(20)9-16(14)21)10-17(25)22-19(18)24(23-11)13-5-3-2-4-6-13/h2-9,15H,10H2,1H3,(H,22,25). The number of anilines is 1. The molecule has 126 valence electrons. The highest BCUT2D eigenvalue weighted by Crippen LogP contribution is 2.42. The number of benzene rings is 2. The molecule has 2 aromatic carbocycles. The highest BCUT2D eigenvalue weighted by atomic mass is 35.5. The number of para-hydroxylation sites is 1. The van der Waals surface area contributed by atoms with Gasteiger partial charge in [-0.25, -0.2) is 4.68 Å². The molecule has 6 heteroatoms. The highest BCUT2D eigenvalue weighted by molar-refractivity contribution is 6.35. The Kier molecular flexibility index (Phi) is 4.02. The van der Waals surface area contributed by atoms with Crippen molar-refractivity contribution in [2.24, 2.45) is 0 Å². The maximum atomic E-state index is 12.4. The van der Waals surface area contributed by atoms with Crippen molar-refractivity contribution < 1.29 is 4.79 Å². The van der Waals surface area contributed by atoms with Crippen LogP contribution in [0.15, 0.2) is 48.5 Å². The van der Waals surface area contributed by atoms with E-state index >= 15 is 0 Å². The number of hydrogen-bond donors (Lipinski definition) is 1. The van der Waals surface area contributed by atoms with Gasteiger partial charge in [-0.15, -0.1) is 0 Å². The quantitative estimate of drug-likeness (QED) is 0.691. The van der Waals surface area contributed by atoms with Crippen LogP contribution in [0.5, 0.6) is 0 Å². The van der Waals surface area contributed by atoms with Crippen molar-refractivity contribution in [3.05, 3.63) is 75.4 Å². The SMILES string of the molecule is Cc1nn(-c2ccccc2)c2c1C(c1ccc(Cl)cc1Cl)CC(=O)N2. The molecule has 0 saturated carbocycles. The molecule has 4 rings (SSSR count). The van der Waals surface area contributed by atoms with E-state index in [-0.39, 0.29) is 11.8 Å². The average Bonchev–Trinajstić information content (AvgIpc) is 2.92. The zero-order chi connectivity index (χ0) is 17.6. The summed E-state index contributed by atoms with van der Waals surface area (Å²) in [6.07, 6.45) is 0.329. The number of aromatic nitrogens is 2. The van der Waals surface area contributed by atoms with Gasteiger partial charge in [0.25, 0.3) is 0 Å². The van der Waals surface area contributed by atoms with Gasteiger partial charge >= 0.3 is 0 Å². The van der Waals surface area contributed by atoms with Crippen LogP contribution in [0.3, 0.4) is 0 Å². The summed E-state index contributed by atoms with van der Waals surface area (Å²) in [6.45, 7) is 1.95. The molecule has 0 fully saturated rings. The van der Waals surface area contributed by atoms with Crippen LogP contribution in [0.1, 0.15) is 29.2 Å². The van der Waals surface area contributed by atoms with E-state index in [4.69, 9.17) is 23.2 Å². The Bertz CT molecular complexity index is 966. The second-order valence-electron chi connectivity index (χ2n) is 6.07. The normalized spacial score (nSPS) is 16.4. The molecule has 1 aliphatic rings. The number of rotatable bonds is 2. The third kappa shape index (κ3) is 2.81. The summed E-state index contributed by atoms with van der Waals surface area (Å²) in [5.41, 5.74) is 3.65. The van der Waals surface area contributed by atoms with Crippen molar-refractivity contribution >= 4 is 34.9 Å². The molecule has 1 aliphatic heterocycles. The fourth-order valence-corrected chi connectivity index (χ4v) is 3.89. The van der Waals surface area contributed by atoms with E-state index in [0.29, 0.717) is 22.3 Å². The van der Waals surface area contributed by atoms with Crippen molar-refractivity contribution in [3.63, 3.8) is 0 Å². The summed E-state index contributed by atoms with van der Waals surface area (Å²) in [7, 11) is 0. The third-order valence-electron chi connectivity index (χ3n) is 4.44. The Hall–Kier alpha value is -2.30. The number of hydrogen-bond acceptors (Lipinski definition) is 2. The molecule has 0 saturated heterocycles. The van der Waals surface area contributed by atoms with Crippen molar-refractivity contribution in [2.45, 2.75) is 19.3 Å². The van der Waals surface area contributed by atoms with Gasteiger partial charge < -0.3 is 5.32 Å². The highest BCUT2D eigenvalue weighted by Gasteiger charge is 2.33. The van der Waals surface area contributed by atoms with Crippen LogP contribution in [0.25, 0.3) is 5.69 Å². The molecule has 0 spiro atoms. The molecule has 2 heterocycles. The lowest BCUT2D eigenvalue weighted by atomic mass is 9.86. The zero-order valence-electron chi connectivity index (χ0n) is 13.5. The van der Waals surface area contributed by atoms with Crippen LogP contribution < -0.4 is 5.32 Å². The van der Waals surface area contributed by atoms with Gasteiger partial charge in [-0.1, -0.05) is 47.5 Å². The number of carbonyl (C=O) groups is 1. The fraction of sp³-hybridized carbons (Fsp3) is 0.158. The Labute approximate surface area is 155 Å². The topological polar surface area (TPSA) is 46.9 Å². The van der Waals surface area contributed by atoms with Gasteiger partial charge in [-0.2, -0.15) is 5.10 Å². The van der Waals surface area contributed by atoms with Gasteiger partial charge in [0.15, 0.2) is 0 Å². The van der Waals surface area contributed by atoms with Gasteiger partial charge in [-0.3, -0.25) is 4.79 Å². The first kappa shape index (κ1) is 16.2. The second-order valence-corrected chi connectivity index (χ2v) is 6.91. The van der Waals surface area contributed by atoms with Crippen molar-refractivity contribution in [3.8, 4) is 5.69 Å². The summed E-state index contributed by atoms with van der Waals surface area (Å²) in [5.74, 6) is 0.502. The molecule has 0 aliphatic carbocycles. The van der Waals surface area contributed by atoms with E-state index in [2.05, 4.69) is 10.4 Å². The first-order valence-corrected chi connectivity index (χ1v) is 8.70. The Morgan fingerprint density at radius 1 is 1.16 bits per heavy atom. The van der Waals surface area contributed by atoms with Crippen LogP contribution >= 0.6 is 23.2 Å². The maximum absolute atomic E-state index is 12.4. The van der Waals surface area contributed by atoms with Crippen molar-refractivity contribution in [2.75, 3.05) is 5.32 Å². The molecular formula is C19H15Cl2N3O. The smallest absolute Gasteiger partial charge is 0.226 e. The van der Waals surface area contributed by atoms with Gasteiger partial charge in [0.2, 0.25) is 5.91 Å². The van der Waals surface area contributed by atoms with Crippen LogP contribution in [0.2, 0.25) is 10.0 Å². The maximum Gasteiger partial charge on any atom is 0.226 e. The largest absolute Gasteiger partial charge is 0.310 e. The fourth-order valence-electron chi connectivity index (χ4n) is 3.35. The van der Waals surface area contributed by atoms with E-state index in [1.54, 1.807) is 16.8 Å². The first-order chi connectivity index (χ1) is 12.0. The molecule has 25 heavy (non-hydrogen) atoms. The molecule has 1 amide bonds. The summed E-state index contributed by atoms with van der Waals surface area (Å²) in [6, 6.07) is 15.1. The molecule has 1 N–H and O–H groups in total. The molecule has 0 bridgehead atoms. The molecule has 4 nitrogen and oxygen atoms in total. The molecule has 1 aromatic heterocycles. The first-order valence-electron chi connectivity index (χ1n) is 7.94. The summed E-state index contributed by atoms with van der Waals surface area (Å²) < 4.78 is 1.78. The van der Waals surface area contributed by atoms with Gasteiger partial charge in [0, 0.05) is 27.9 Å². The van der Waals surface area contributed by atoms with Crippen LogP contribution in [-0.2, 0) is 4.79 Å². The predicted octanol–water partition coefficient (Wildman–Crippen LogP) is 4.96. The molecule has 1 unspecified atom stereocenters. The summed E-state index contributed by atoms with van der Waals surface area (Å²) in [4.78, 5) is 12.4. The third-order valence-corrected chi connectivity index (χ3v) is 5.00. The Morgan fingerprint density at radius 3 is 2.64 bits per heavy atom. The molecule has 0 radical (unpaired) electrons. The molecule has 1 atom stereocenters. The summed E-state index contributed by atoms with van der Waals surface area (Å²) in [5, 5.41) is 8.76. The van der Waals surface area contributed by atoms with Gasteiger partial charge in [-0.05, 0) is 36.8 Å². The number of halogens is 2. The Balaban J connectivity index is 1.90. The van der Waals surface area contributed by atoms with Gasteiger partial charge in [0.1, 0.15) is 5.82 Å². The van der Waals surface area contributed by atoms with E-state index in [1.807, 2.05) is 43.3 Å². The number of aryl methyl sites for hydroxylation is 1. The molecular weight excluding hydrogens is 357 g/mol. The monoisotopic (exact) mass is 371 g/mol. The van der Waals surface area contributed by atoms with Crippen molar-refractivity contribution in [1.82, 2.24) is 9.78 Å². The minimum atomic E-state index is -0.147. The second kappa shape index (κ2) is 6.21. The van der Waals surface area contributed by atoms with Crippen LogP contribution in [0, 0.1) is 6.92 Å². The minimum Gasteiger partial charge on any atom is -0.310 e. The van der Waals surface area contributed by atoms with Gasteiger partial charge in [0.05, 0.1) is 11.4 Å². The summed E-state index contributed by atoms with van der Waals surface area (Å²) >= 11 is 12.4. The van der Waals surface area contributed by atoms with E-state index in [9.17, 15) is 4.79 Å². The number of nitrogens with one attached hydrogen (secondary N) is 1. The van der Waals surface area contributed by atoms with E-state index in [1.165, 1.54) is 0 Å². The molecule has 3 aromatic rings. The number of amides is 1. The Morgan fingerprint density at radius 2 is 1.92 bits per heavy atom. The van der Waals surface area contributed by atoms with Crippen molar-refractivity contribution in [1.29, 1.82) is 0 Å². The zero-order valence-corrected chi connectivity index (χ0v) is 15.0. The van der Waals surface area contributed by atoms with E-state index < -0.39 is 0 Å².